The Morgan fingerprint density at radius 3 is 2.50 bits per heavy atom. The minimum Gasteiger partial charge on any atom is -0.383 e. The maximum Gasteiger partial charge on any atom is 0.418 e. The van der Waals surface area contributed by atoms with Crippen molar-refractivity contribution >= 4 is 11.4 Å². The number of nitro benzene ring substituents is 1. The van der Waals surface area contributed by atoms with Gasteiger partial charge in [0.25, 0.3) is 5.69 Å². The van der Waals surface area contributed by atoms with Crippen molar-refractivity contribution in [2.75, 3.05) is 25.5 Å². The largest absolute Gasteiger partial charge is 0.418 e. The number of nitrogens with zero attached hydrogens (tertiary/aromatic N) is 1. The minimum atomic E-state index is -4.63. The van der Waals surface area contributed by atoms with Crippen LogP contribution >= 0.6 is 0 Å². The van der Waals surface area contributed by atoms with Crippen LogP contribution in [0.5, 0.6) is 0 Å². The van der Waals surface area contributed by atoms with Crippen molar-refractivity contribution in [2.24, 2.45) is 0 Å². The van der Waals surface area contributed by atoms with Crippen LogP contribution in [0.25, 0.3) is 0 Å². The minimum absolute atomic E-state index is 0.164. The van der Waals surface area contributed by atoms with Gasteiger partial charge in [0.1, 0.15) is 0 Å². The number of rotatable bonds is 5. The van der Waals surface area contributed by atoms with Crippen LogP contribution < -0.4 is 10.6 Å². The van der Waals surface area contributed by atoms with Crippen molar-refractivity contribution in [1.82, 2.24) is 5.32 Å². The van der Waals surface area contributed by atoms with Crippen LogP contribution in [-0.2, 0) is 6.18 Å². The fourth-order valence-corrected chi connectivity index (χ4v) is 1.36. The number of nitro groups is 1. The molecule has 0 heterocycles. The van der Waals surface area contributed by atoms with Crippen LogP contribution in [0.2, 0.25) is 0 Å². The number of nitrogens with one attached hydrogen (secondary N) is 2. The van der Waals surface area contributed by atoms with E-state index in [-0.39, 0.29) is 12.2 Å². The highest BCUT2D eigenvalue weighted by Gasteiger charge is 2.35. The molecule has 2 N–H and O–H groups in total. The summed E-state index contributed by atoms with van der Waals surface area (Å²) in [6.45, 7) is 0.770. The number of hydrogen-bond donors (Lipinski definition) is 2. The molecule has 1 aromatic rings. The summed E-state index contributed by atoms with van der Waals surface area (Å²) >= 11 is 0. The Balaban J connectivity index is 3.05. The van der Waals surface area contributed by atoms with E-state index < -0.39 is 22.4 Å². The molecule has 18 heavy (non-hydrogen) atoms. The number of benzene rings is 1. The molecule has 8 heteroatoms. The first-order valence-electron chi connectivity index (χ1n) is 5.10. The van der Waals surface area contributed by atoms with E-state index in [0.717, 1.165) is 12.1 Å². The number of halogens is 3. The van der Waals surface area contributed by atoms with Gasteiger partial charge in [0.2, 0.25) is 0 Å². The molecule has 1 aromatic carbocycles. The second-order valence-corrected chi connectivity index (χ2v) is 3.52. The standard InChI is InChI=1S/C10H12F3N3O2/c1-14-4-5-15-9-3-2-7(16(17)18)6-8(9)10(11,12)13/h2-3,6,14-15H,4-5H2,1H3. The number of hydrogen-bond acceptors (Lipinski definition) is 4. The van der Waals surface area contributed by atoms with Crippen LogP contribution in [0.1, 0.15) is 5.56 Å². The molecule has 0 aliphatic heterocycles. The van der Waals surface area contributed by atoms with Gasteiger partial charge in [-0.25, -0.2) is 0 Å². The first-order chi connectivity index (χ1) is 8.36. The van der Waals surface area contributed by atoms with Crippen LogP contribution in [0, 0.1) is 10.1 Å². The van der Waals surface area contributed by atoms with Gasteiger partial charge >= 0.3 is 6.18 Å². The quantitative estimate of drug-likeness (QED) is 0.485. The summed E-state index contributed by atoms with van der Waals surface area (Å²) in [4.78, 5) is 9.61. The Kier molecular flexibility index (Phi) is 4.49. The van der Waals surface area contributed by atoms with Crippen LogP contribution in [-0.4, -0.2) is 25.1 Å². The van der Waals surface area contributed by atoms with Crippen LogP contribution in [0.4, 0.5) is 24.5 Å². The summed E-state index contributed by atoms with van der Waals surface area (Å²) in [5.74, 6) is 0. The summed E-state index contributed by atoms with van der Waals surface area (Å²) in [5.41, 5.74) is -1.78. The fourth-order valence-electron chi connectivity index (χ4n) is 1.36. The molecule has 0 fully saturated rings. The molecule has 100 valence electrons. The van der Waals surface area contributed by atoms with Gasteiger partial charge in [0.15, 0.2) is 0 Å². The monoisotopic (exact) mass is 263 g/mol. The predicted molar refractivity (Wildman–Crippen MR) is 60.5 cm³/mol. The van der Waals surface area contributed by atoms with Gasteiger partial charge in [-0.1, -0.05) is 0 Å². The Labute approximate surface area is 101 Å². The normalized spacial score (nSPS) is 11.3. The summed E-state index contributed by atoms with van der Waals surface area (Å²) < 4.78 is 38.2. The van der Waals surface area contributed by atoms with E-state index in [1.165, 1.54) is 0 Å². The predicted octanol–water partition coefficient (Wildman–Crippen LogP) is 2.24. The summed E-state index contributed by atoms with van der Waals surface area (Å²) in [7, 11) is 1.67. The van der Waals surface area contributed by atoms with Crippen molar-refractivity contribution in [3.05, 3.63) is 33.9 Å². The maximum absolute atomic E-state index is 12.7. The van der Waals surface area contributed by atoms with Crippen molar-refractivity contribution in [2.45, 2.75) is 6.18 Å². The number of anilines is 1. The van der Waals surface area contributed by atoms with Gasteiger partial charge in [-0.05, 0) is 13.1 Å². The lowest BCUT2D eigenvalue weighted by atomic mass is 10.1. The molecule has 0 amide bonds. The van der Waals surface area contributed by atoms with Crippen LogP contribution in [0.3, 0.4) is 0 Å². The van der Waals surface area contributed by atoms with Crippen molar-refractivity contribution < 1.29 is 18.1 Å². The Morgan fingerprint density at radius 2 is 2.00 bits per heavy atom. The Morgan fingerprint density at radius 1 is 1.33 bits per heavy atom. The van der Waals surface area contributed by atoms with Crippen LogP contribution in [0.15, 0.2) is 18.2 Å². The molecule has 0 atom stereocenters. The number of alkyl halides is 3. The van der Waals surface area contributed by atoms with E-state index in [4.69, 9.17) is 0 Å². The lowest BCUT2D eigenvalue weighted by molar-refractivity contribution is -0.385. The third kappa shape index (κ3) is 3.59. The average Bonchev–Trinajstić information content (AvgIpc) is 2.28. The molecule has 5 nitrogen and oxygen atoms in total. The van der Waals surface area contributed by atoms with Crippen molar-refractivity contribution in [3.63, 3.8) is 0 Å². The van der Waals surface area contributed by atoms with Gasteiger partial charge in [0, 0.05) is 30.9 Å². The molecule has 0 saturated carbocycles. The molecular formula is C10H12F3N3O2. The van der Waals surface area contributed by atoms with Crippen molar-refractivity contribution in [1.29, 1.82) is 0 Å². The summed E-state index contributed by atoms with van der Waals surface area (Å²) in [5, 5.41) is 15.8. The molecule has 0 saturated heterocycles. The van der Waals surface area contributed by atoms with E-state index in [1.807, 2.05) is 0 Å². The number of non-ortho nitro benzene ring substituents is 1. The lowest BCUT2D eigenvalue weighted by Crippen LogP contribution is -2.19. The topological polar surface area (TPSA) is 67.2 Å². The van der Waals surface area contributed by atoms with Gasteiger partial charge in [0.05, 0.1) is 10.5 Å². The van der Waals surface area contributed by atoms with Gasteiger partial charge in [-0.3, -0.25) is 10.1 Å². The first kappa shape index (κ1) is 14.2. The van der Waals surface area contributed by atoms with Gasteiger partial charge in [-0.15, -0.1) is 0 Å². The molecule has 0 unspecified atom stereocenters. The zero-order valence-electron chi connectivity index (χ0n) is 9.54. The fraction of sp³-hybridized carbons (Fsp3) is 0.400. The molecule has 0 aliphatic carbocycles. The van der Waals surface area contributed by atoms with Gasteiger partial charge in [-0.2, -0.15) is 13.2 Å². The van der Waals surface area contributed by atoms with Crippen molar-refractivity contribution in [3.8, 4) is 0 Å². The second kappa shape index (κ2) is 5.67. The van der Waals surface area contributed by atoms with E-state index in [0.29, 0.717) is 12.6 Å². The Hall–Kier alpha value is -1.83. The highest BCUT2D eigenvalue weighted by molar-refractivity contribution is 5.57. The maximum atomic E-state index is 12.7. The molecule has 0 aliphatic rings. The zero-order chi connectivity index (χ0) is 13.8. The first-order valence-corrected chi connectivity index (χ1v) is 5.10. The molecular weight excluding hydrogens is 251 g/mol. The smallest absolute Gasteiger partial charge is 0.383 e. The van der Waals surface area contributed by atoms with E-state index >= 15 is 0 Å². The van der Waals surface area contributed by atoms with E-state index in [1.54, 1.807) is 7.05 Å². The third-order valence-corrected chi connectivity index (χ3v) is 2.21. The SMILES string of the molecule is CNCCNc1ccc([N+](=O)[O-])cc1C(F)(F)F. The number of likely N-dealkylation sites (N-methyl/N-ethyl adjacent to an activating group) is 1. The van der Waals surface area contributed by atoms with Gasteiger partial charge < -0.3 is 10.6 Å². The highest BCUT2D eigenvalue weighted by atomic mass is 19.4. The molecule has 0 aromatic heterocycles. The lowest BCUT2D eigenvalue weighted by Gasteiger charge is -2.14. The Bertz CT molecular complexity index is 435. The summed E-state index contributed by atoms with van der Waals surface area (Å²) in [6.07, 6.45) is -4.63. The molecule has 1 rings (SSSR count). The highest BCUT2D eigenvalue weighted by Crippen LogP contribution is 2.36. The second-order valence-electron chi connectivity index (χ2n) is 3.52. The zero-order valence-corrected chi connectivity index (χ0v) is 9.54. The average molecular weight is 263 g/mol. The molecule has 0 radical (unpaired) electrons. The van der Waals surface area contributed by atoms with E-state index in [2.05, 4.69) is 10.6 Å². The van der Waals surface area contributed by atoms with E-state index in [9.17, 15) is 23.3 Å². The third-order valence-electron chi connectivity index (χ3n) is 2.21. The molecule has 0 spiro atoms. The summed E-state index contributed by atoms with van der Waals surface area (Å²) in [6, 6.07) is 2.63. The molecule has 0 bridgehead atoms.